The summed E-state index contributed by atoms with van der Waals surface area (Å²) in [4.78, 5) is 4.69. The highest BCUT2D eigenvalue weighted by Crippen LogP contribution is 2.36. The number of rotatable bonds is 6. The van der Waals surface area contributed by atoms with Crippen LogP contribution < -0.4 is 4.74 Å². The molecule has 25 heavy (non-hydrogen) atoms. The largest absolute Gasteiger partial charge is 0.489 e. The zero-order valence-corrected chi connectivity index (χ0v) is 15.8. The zero-order chi connectivity index (χ0) is 18.0. The minimum absolute atomic E-state index is 0.636. The number of aromatic nitrogens is 2. The van der Waals surface area contributed by atoms with Crippen LogP contribution in [0.25, 0.3) is 22.4 Å². The Morgan fingerprint density at radius 2 is 1.72 bits per heavy atom. The molecular formula is C21H26N2O2. The molecule has 0 saturated heterocycles. The maximum Gasteiger partial charge on any atom is 0.227 e. The molecule has 0 unspecified atom stereocenters. The fourth-order valence-electron chi connectivity index (χ4n) is 3.37. The van der Waals surface area contributed by atoms with Crippen LogP contribution in [0.15, 0.2) is 22.7 Å². The Balaban J connectivity index is 2.06. The van der Waals surface area contributed by atoms with E-state index in [1.54, 1.807) is 0 Å². The summed E-state index contributed by atoms with van der Waals surface area (Å²) in [5, 5.41) is 4.35. The van der Waals surface area contributed by atoms with E-state index in [2.05, 4.69) is 50.0 Å². The van der Waals surface area contributed by atoms with Crippen LogP contribution in [0.1, 0.15) is 48.6 Å². The number of hydrogen-bond donors (Lipinski definition) is 0. The molecule has 0 fully saturated rings. The molecule has 1 aromatic carbocycles. The van der Waals surface area contributed by atoms with Crippen LogP contribution in [0, 0.1) is 27.7 Å². The molecule has 0 aliphatic rings. The lowest BCUT2D eigenvalue weighted by atomic mass is 9.97. The minimum atomic E-state index is 0.636. The molecule has 0 bridgehead atoms. The molecule has 0 saturated carbocycles. The maximum absolute atomic E-state index is 5.96. The number of ether oxygens (including phenoxy) is 1. The summed E-state index contributed by atoms with van der Waals surface area (Å²) in [6.45, 7) is 11.2. The summed E-state index contributed by atoms with van der Waals surface area (Å²) in [6.07, 6.45) is 3.37. The average molecular weight is 338 g/mol. The van der Waals surface area contributed by atoms with Crippen molar-refractivity contribution in [2.75, 3.05) is 6.61 Å². The second-order valence-corrected chi connectivity index (χ2v) is 6.80. The molecule has 4 heteroatoms. The van der Waals surface area contributed by atoms with Crippen LogP contribution in [0.4, 0.5) is 0 Å². The van der Waals surface area contributed by atoms with Crippen molar-refractivity contribution in [3.05, 3.63) is 40.6 Å². The van der Waals surface area contributed by atoms with E-state index in [4.69, 9.17) is 9.26 Å². The number of nitrogens with zero attached hydrogens (tertiary/aromatic N) is 2. The first-order valence-electron chi connectivity index (χ1n) is 8.99. The molecule has 2 heterocycles. The second-order valence-electron chi connectivity index (χ2n) is 6.80. The van der Waals surface area contributed by atoms with Crippen LogP contribution in [0.2, 0.25) is 0 Å². The van der Waals surface area contributed by atoms with Crippen molar-refractivity contribution in [2.24, 2.45) is 0 Å². The van der Waals surface area contributed by atoms with E-state index in [-0.39, 0.29) is 0 Å². The van der Waals surface area contributed by atoms with E-state index in [0.29, 0.717) is 12.2 Å². The third-order valence-corrected chi connectivity index (χ3v) is 4.44. The Morgan fingerprint density at radius 1 is 1.00 bits per heavy atom. The van der Waals surface area contributed by atoms with E-state index in [0.717, 1.165) is 41.1 Å². The number of unbranched alkanes of at least 4 members (excludes halogenated alkanes) is 2. The van der Waals surface area contributed by atoms with E-state index in [1.165, 1.54) is 23.1 Å². The molecular weight excluding hydrogens is 312 g/mol. The lowest BCUT2D eigenvalue weighted by Crippen LogP contribution is -1.99. The van der Waals surface area contributed by atoms with Crippen molar-refractivity contribution >= 4 is 11.1 Å². The van der Waals surface area contributed by atoms with Gasteiger partial charge in [-0.1, -0.05) is 42.6 Å². The highest BCUT2D eigenvalue weighted by Gasteiger charge is 2.20. The Morgan fingerprint density at radius 3 is 2.40 bits per heavy atom. The molecule has 4 nitrogen and oxygen atoms in total. The highest BCUT2D eigenvalue weighted by molar-refractivity contribution is 5.93. The molecule has 132 valence electrons. The minimum Gasteiger partial charge on any atom is -0.489 e. The van der Waals surface area contributed by atoms with Crippen molar-refractivity contribution in [2.45, 2.75) is 53.9 Å². The fourth-order valence-corrected chi connectivity index (χ4v) is 3.37. The second kappa shape index (κ2) is 7.26. The van der Waals surface area contributed by atoms with Crippen molar-refractivity contribution in [3.63, 3.8) is 0 Å². The Kier molecular flexibility index (Phi) is 5.07. The monoisotopic (exact) mass is 338 g/mol. The molecule has 0 radical (unpaired) electrons. The number of hydrogen-bond acceptors (Lipinski definition) is 4. The molecule has 0 amide bonds. The summed E-state index contributed by atoms with van der Waals surface area (Å²) in [5.74, 6) is 0.736. The van der Waals surface area contributed by atoms with Crippen molar-refractivity contribution in [3.8, 4) is 17.0 Å². The van der Waals surface area contributed by atoms with Crippen LogP contribution in [-0.4, -0.2) is 16.7 Å². The van der Waals surface area contributed by atoms with Gasteiger partial charge in [0.1, 0.15) is 11.2 Å². The molecule has 0 N–H and O–H groups in total. The zero-order valence-electron chi connectivity index (χ0n) is 15.8. The smallest absolute Gasteiger partial charge is 0.227 e. The Hall–Kier alpha value is -2.36. The van der Waals surface area contributed by atoms with E-state index < -0.39 is 0 Å². The molecule has 3 aromatic rings. The number of fused-ring (bicyclic) bond motifs is 1. The topological polar surface area (TPSA) is 48.2 Å². The van der Waals surface area contributed by atoms with Crippen LogP contribution in [-0.2, 0) is 0 Å². The lowest BCUT2D eigenvalue weighted by Gasteiger charge is -2.09. The van der Waals surface area contributed by atoms with Gasteiger partial charge >= 0.3 is 0 Å². The van der Waals surface area contributed by atoms with Crippen LogP contribution in [0.3, 0.4) is 0 Å². The van der Waals surface area contributed by atoms with Gasteiger partial charge in [0.2, 0.25) is 5.58 Å². The first kappa shape index (κ1) is 17.5. The summed E-state index contributed by atoms with van der Waals surface area (Å²) in [7, 11) is 0. The van der Waals surface area contributed by atoms with E-state index in [9.17, 15) is 0 Å². The van der Waals surface area contributed by atoms with Crippen molar-refractivity contribution in [1.29, 1.82) is 0 Å². The summed E-state index contributed by atoms with van der Waals surface area (Å²) in [5.41, 5.74) is 7.83. The van der Waals surface area contributed by atoms with Gasteiger partial charge in [-0.2, -0.15) is 0 Å². The SMILES string of the molecule is CCCCCOc1cc(C)nc2c(-c3c(C)cc(C)cc3C)noc12. The summed E-state index contributed by atoms with van der Waals surface area (Å²) >= 11 is 0. The van der Waals surface area contributed by atoms with Gasteiger partial charge in [0, 0.05) is 17.3 Å². The van der Waals surface area contributed by atoms with Crippen LogP contribution in [0.5, 0.6) is 5.75 Å². The Labute approximate surface area is 149 Å². The first-order valence-corrected chi connectivity index (χ1v) is 8.99. The van der Waals surface area contributed by atoms with Gasteiger partial charge < -0.3 is 9.26 Å². The maximum atomic E-state index is 5.96. The molecule has 2 aromatic heterocycles. The van der Waals surface area contributed by atoms with Gasteiger partial charge in [-0.15, -0.1) is 0 Å². The predicted octanol–water partition coefficient (Wildman–Crippen LogP) is 5.69. The quantitative estimate of drug-likeness (QED) is 0.541. The van der Waals surface area contributed by atoms with Crippen molar-refractivity contribution in [1.82, 2.24) is 10.1 Å². The summed E-state index contributed by atoms with van der Waals surface area (Å²) < 4.78 is 11.6. The molecule has 0 aliphatic heterocycles. The van der Waals surface area contributed by atoms with Gasteiger partial charge in [0.05, 0.1) is 6.61 Å². The molecule has 0 aliphatic carbocycles. The van der Waals surface area contributed by atoms with Crippen LogP contribution >= 0.6 is 0 Å². The number of aryl methyl sites for hydroxylation is 4. The van der Waals surface area contributed by atoms with Crippen molar-refractivity contribution < 1.29 is 9.26 Å². The third-order valence-electron chi connectivity index (χ3n) is 4.44. The van der Waals surface area contributed by atoms with Gasteiger partial charge in [0.25, 0.3) is 0 Å². The summed E-state index contributed by atoms with van der Waals surface area (Å²) in [6, 6.07) is 6.26. The van der Waals surface area contributed by atoms with Gasteiger partial charge in [-0.05, 0) is 45.2 Å². The van der Waals surface area contributed by atoms with E-state index in [1.807, 2.05) is 13.0 Å². The molecule has 0 atom stereocenters. The van der Waals surface area contributed by atoms with Gasteiger partial charge in [-0.25, -0.2) is 4.98 Å². The average Bonchev–Trinajstić information content (AvgIpc) is 2.94. The number of pyridine rings is 1. The van der Waals surface area contributed by atoms with E-state index >= 15 is 0 Å². The molecule has 3 rings (SSSR count). The highest BCUT2D eigenvalue weighted by atomic mass is 16.5. The Bertz CT molecular complexity index is 873. The standard InChI is InChI=1S/C21H26N2O2/c1-6-7-8-9-24-17-12-16(5)22-20-19(23-25-21(17)20)18-14(3)10-13(2)11-15(18)4/h10-12H,6-9H2,1-5H3. The first-order chi connectivity index (χ1) is 12.0. The predicted molar refractivity (Wildman–Crippen MR) is 101 cm³/mol. The van der Waals surface area contributed by atoms with Gasteiger partial charge in [0.15, 0.2) is 5.75 Å². The normalized spacial score (nSPS) is 11.2. The number of benzene rings is 1. The third kappa shape index (κ3) is 3.53. The van der Waals surface area contributed by atoms with Gasteiger partial charge in [-0.3, -0.25) is 0 Å². The fraction of sp³-hybridized carbons (Fsp3) is 0.429. The lowest BCUT2D eigenvalue weighted by molar-refractivity contribution is 0.301. The molecule has 0 spiro atoms.